The monoisotopic (exact) mass is 402 g/mol. The molecule has 1 unspecified atom stereocenters. The summed E-state index contributed by atoms with van der Waals surface area (Å²) in [6, 6.07) is 13.4. The first kappa shape index (κ1) is 20.5. The molecule has 6 heteroatoms. The molecule has 150 valence electrons. The number of carbonyl (C=O) groups is 1. The van der Waals surface area contributed by atoms with Crippen molar-refractivity contribution in [2.24, 2.45) is 0 Å². The predicted molar refractivity (Wildman–Crippen MR) is 111 cm³/mol. The van der Waals surface area contributed by atoms with Crippen LogP contribution in [0.2, 0.25) is 5.02 Å². The molecule has 1 N–H and O–H groups in total. The van der Waals surface area contributed by atoms with E-state index in [0.29, 0.717) is 17.3 Å². The van der Waals surface area contributed by atoms with Crippen LogP contribution in [0.15, 0.2) is 42.5 Å². The van der Waals surface area contributed by atoms with Crippen LogP contribution < -0.4 is 14.8 Å². The molecule has 1 aliphatic rings. The van der Waals surface area contributed by atoms with E-state index in [1.54, 1.807) is 32.4 Å². The first-order valence-electron chi connectivity index (χ1n) is 9.58. The van der Waals surface area contributed by atoms with Crippen LogP contribution in [0.3, 0.4) is 0 Å². The van der Waals surface area contributed by atoms with Crippen molar-refractivity contribution in [2.45, 2.75) is 25.3 Å². The number of carbonyl (C=O) groups excluding carboxylic acids is 1. The fourth-order valence-corrected chi connectivity index (χ4v) is 3.96. The van der Waals surface area contributed by atoms with Crippen molar-refractivity contribution in [3.8, 4) is 11.5 Å². The molecule has 1 fully saturated rings. The smallest absolute Gasteiger partial charge is 0.224 e. The maximum absolute atomic E-state index is 12.6. The SMILES string of the molecule is COc1ccc(Cl)cc1CC(=O)NCC(c1ccccc1OC)N1CCCC1. The van der Waals surface area contributed by atoms with Gasteiger partial charge in [-0.25, -0.2) is 0 Å². The minimum atomic E-state index is -0.0559. The lowest BCUT2D eigenvalue weighted by Gasteiger charge is -2.29. The van der Waals surface area contributed by atoms with Gasteiger partial charge in [0.1, 0.15) is 11.5 Å². The van der Waals surface area contributed by atoms with Gasteiger partial charge in [-0.05, 0) is 50.2 Å². The normalized spacial score (nSPS) is 15.2. The number of methoxy groups -OCH3 is 2. The van der Waals surface area contributed by atoms with E-state index >= 15 is 0 Å². The van der Waals surface area contributed by atoms with Gasteiger partial charge in [0.2, 0.25) is 5.91 Å². The highest BCUT2D eigenvalue weighted by molar-refractivity contribution is 6.30. The van der Waals surface area contributed by atoms with E-state index in [9.17, 15) is 4.79 Å². The van der Waals surface area contributed by atoms with Gasteiger partial charge in [-0.15, -0.1) is 0 Å². The van der Waals surface area contributed by atoms with Gasteiger partial charge < -0.3 is 14.8 Å². The number of nitrogens with one attached hydrogen (secondary N) is 1. The Balaban J connectivity index is 1.71. The van der Waals surface area contributed by atoms with Gasteiger partial charge in [0.05, 0.1) is 26.7 Å². The molecule has 1 aliphatic heterocycles. The molecule has 2 aromatic rings. The first-order valence-corrected chi connectivity index (χ1v) is 9.96. The van der Waals surface area contributed by atoms with E-state index in [2.05, 4.69) is 16.3 Å². The summed E-state index contributed by atoms with van der Waals surface area (Å²) in [5.74, 6) is 1.46. The number of benzene rings is 2. The van der Waals surface area contributed by atoms with Gasteiger partial charge in [0.25, 0.3) is 0 Å². The lowest BCUT2D eigenvalue weighted by Crippen LogP contribution is -2.37. The fourth-order valence-electron chi connectivity index (χ4n) is 3.76. The highest BCUT2D eigenvalue weighted by atomic mass is 35.5. The summed E-state index contributed by atoms with van der Waals surface area (Å²) >= 11 is 6.08. The Morgan fingerprint density at radius 1 is 1.11 bits per heavy atom. The predicted octanol–water partition coefficient (Wildman–Crippen LogP) is 3.85. The van der Waals surface area contributed by atoms with E-state index in [-0.39, 0.29) is 18.4 Å². The van der Waals surface area contributed by atoms with E-state index < -0.39 is 0 Å². The van der Waals surface area contributed by atoms with Gasteiger partial charge in [-0.2, -0.15) is 0 Å². The molecular formula is C22H27ClN2O3. The van der Waals surface area contributed by atoms with Crippen molar-refractivity contribution in [3.05, 3.63) is 58.6 Å². The first-order chi connectivity index (χ1) is 13.6. The van der Waals surface area contributed by atoms with Gasteiger partial charge in [-0.3, -0.25) is 9.69 Å². The average Bonchev–Trinajstić information content (AvgIpc) is 3.23. The van der Waals surface area contributed by atoms with Crippen LogP contribution in [-0.4, -0.2) is 44.7 Å². The van der Waals surface area contributed by atoms with Crippen LogP contribution in [0.5, 0.6) is 11.5 Å². The molecule has 0 radical (unpaired) electrons. The summed E-state index contributed by atoms with van der Waals surface area (Å²) in [7, 11) is 3.28. The van der Waals surface area contributed by atoms with Crippen LogP contribution in [0.25, 0.3) is 0 Å². The number of nitrogens with zero attached hydrogens (tertiary/aromatic N) is 1. The second kappa shape index (κ2) is 9.80. The quantitative estimate of drug-likeness (QED) is 0.728. The van der Waals surface area contributed by atoms with Crippen LogP contribution in [0.1, 0.15) is 30.0 Å². The van der Waals surface area contributed by atoms with Gasteiger partial charge in [-0.1, -0.05) is 29.8 Å². The third-order valence-corrected chi connectivity index (χ3v) is 5.40. The van der Waals surface area contributed by atoms with Crippen LogP contribution in [0.4, 0.5) is 0 Å². The molecule has 28 heavy (non-hydrogen) atoms. The number of halogens is 1. The molecule has 0 aromatic heterocycles. The molecule has 5 nitrogen and oxygen atoms in total. The number of rotatable bonds is 8. The fraction of sp³-hybridized carbons (Fsp3) is 0.409. The maximum atomic E-state index is 12.6. The Morgan fingerprint density at radius 2 is 1.82 bits per heavy atom. The van der Waals surface area contributed by atoms with Crippen molar-refractivity contribution < 1.29 is 14.3 Å². The highest BCUT2D eigenvalue weighted by Crippen LogP contribution is 2.31. The maximum Gasteiger partial charge on any atom is 0.224 e. The largest absolute Gasteiger partial charge is 0.496 e. The summed E-state index contributed by atoms with van der Waals surface area (Å²) < 4.78 is 10.9. The van der Waals surface area contributed by atoms with E-state index in [1.165, 1.54) is 12.8 Å². The molecule has 1 heterocycles. The average molecular weight is 403 g/mol. The summed E-state index contributed by atoms with van der Waals surface area (Å²) in [5.41, 5.74) is 1.88. The van der Waals surface area contributed by atoms with E-state index in [4.69, 9.17) is 21.1 Å². The van der Waals surface area contributed by atoms with Crippen LogP contribution in [0, 0.1) is 0 Å². The highest BCUT2D eigenvalue weighted by Gasteiger charge is 2.26. The number of hydrogen-bond donors (Lipinski definition) is 1. The van der Waals surface area contributed by atoms with Crippen molar-refractivity contribution in [1.82, 2.24) is 10.2 Å². The van der Waals surface area contributed by atoms with Crippen molar-refractivity contribution in [1.29, 1.82) is 0 Å². The summed E-state index contributed by atoms with van der Waals surface area (Å²) in [6.07, 6.45) is 2.58. The van der Waals surface area contributed by atoms with Gasteiger partial charge in [0, 0.05) is 22.7 Å². The van der Waals surface area contributed by atoms with Crippen LogP contribution >= 0.6 is 11.6 Å². The Bertz CT molecular complexity index is 806. The molecule has 1 amide bonds. The van der Waals surface area contributed by atoms with Gasteiger partial charge >= 0.3 is 0 Å². The number of likely N-dealkylation sites (tertiary alicyclic amines) is 1. The third-order valence-electron chi connectivity index (χ3n) is 5.17. The zero-order chi connectivity index (χ0) is 19.9. The standard InChI is InChI=1S/C22H27ClN2O3/c1-27-20-10-9-17(23)13-16(20)14-22(26)24-15-19(25-11-5-6-12-25)18-7-3-4-8-21(18)28-2/h3-4,7-10,13,19H,5-6,11-12,14-15H2,1-2H3,(H,24,26). The number of hydrogen-bond acceptors (Lipinski definition) is 4. The molecule has 0 spiro atoms. The molecule has 0 bridgehead atoms. The number of amides is 1. The molecule has 1 atom stereocenters. The summed E-state index contributed by atoms with van der Waals surface area (Å²) in [4.78, 5) is 15.1. The zero-order valence-corrected chi connectivity index (χ0v) is 17.2. The van der Waals surface area contributed by atoms with Gasteiger partial charge in [0.15, 0.2) is 0 Å². The molecule has 1 saturated heterocycles. The van der Waals surface area contributed by atoms with Crippen molar-refractivity contribution in [3.63, 3.8) is 0 Å². The number of ether oxygens (including phenoxy) is 2. The third kappa shape index (κ3) is 4.97. The Labute approximate surface area is 171 Å². The second-order valence-corrected chi connectivity index (χ2v) is 7.37. The molecule has 0 saturated carbocycles. The Morgan fingerprint density at radius 3 is 2.54 bits per heavy atom. The molecular weight excluding hydrogens is 376 g/mol. The molecule has 0 aliphatic carbocycles. The molecule has 3 rings (SSSR count). The minimum absolute atomic E-state index is 0.0559. The van der Waals surface area contributed by atoms with Crippen LogP contribution in [-0.2, 0) is 11.2 Å². The van der Waals surface area contributed by atoms with E-state index in [1.807, 2.05) is 18.2 Å². The minimum Gasteiger partial charge on any atom is -0.496 e. The number of para-hydroxylation sites is 1. The van der Waals surface area contributed by atoms with Crippen molar-refractivity contribution in [2.75, 3.05) is 33.9 Å². The van der Waals surface area contributed by atoms with Crippen molar-refractivity contribution >= 4 is 17.5 Å². The topological polar surface area (TPSA) is 50.8 Å². The molecule has 2 aromatic carbocycles. The lowest BCUT2D eigenvalue weighted by atomic mass is 10.0. The Hall–Kier alpha value is -2.24. The summed E-state index contributed by atoms with van der Waals surface area (Å²) in [5, 5.41) is 3.68. The second-order valence-electron chi connectivity index (χ2n) is 6.94. The zero-order valence-electron chi connectivity index (χ0n) is 16.4. The lowest BCUT2D eigenvalue weighted by molar-refractivity contribution is -0.120. The van der Waals surface area contributed by atoms with E-state index in [0.717, 1.165) is 30.0 Å². The Kier molecular flexibility index (Phi) is 7.18. The summed E-state index contributed by atoms with van der Waals surface area (Å²) in [6.45, 7) is 2.59.